The van der Waals surface area contributed by atoms with Crippen LogP contribution in [-0.2, 0) is 22.4 Å². The van der Waals surface area contributed by atoms with Gasteiger partial charge < -0.3 is 15.1 Å². The number of benzene rings is 2. The molecule has 1 N–H and O–H groups in total. The number of thiophene rings is 1. The second-order valence-electron chi connectivity index (χ2n) is 9.68. The van der Waals surface area contributed by atoms with Gasteiger partial charge in [-0.2, -0.15) is 0 Å². The van der Waals surface area contributed by atoms with Gasteiger partial charge in [-0.3, -0.25) is 9.59 Å². The maximum absolute atomic E-state index is 13.6. The second-order valence-corrected chi connectivity index (χ2v) is 10.7. The average molecular weight is 492 g/mol. The molecule has 2 amide bonds. The van der Waals surface area contributed by atoms with Gasteiger partial charge in [0.2, 0.25) is 11.8 Å². The third kappa shape index (κ3) is 7.51. The lowest BCUT2D eigenvalue weighted by Gasteiger charge is -2.30. The Kier molecular flexibility index (Phi) is 9.24. The second kappa shape index (κ2) is 12.1. The molecule has 0 aliphatic carbocycles. The molecule has 0 fully saturated rings. The van der Waals surface area contributed by atoms with Crippen LogP contribution in [0.4, 0.5) is 0 Å². The smallest absolute Gasteiger partial charge is 0.246 e. The number of nitrogens with zero attached hydrogens (tertiary/aromatic N) is 2. The largest absolute Gasteiger partial charge is 0.344 e. The van der Waals surface area contributed by atoms with Gasteiger partial charge in [0.25, 0.3) is 0 Å². The van der Waals surface area contributed by atoms with Crippen molar-refractivity contribution in [1.82, 2.24) is 15.1 Å². The van der Waals surface area contributed by atoms with Crippen LogP contribution >= 0.6 is 11.3 Å². The highest BCUT2D eigenvalue weighted by atomic mass is 32.1. The summed E-state index contributed by atoms with van der Waals surface area (Å²) in [5, 5.41) is 7.58. The third-order valence-electron chi connectivity index (χ3n) is 6.56. The van der Waals surface area contributed by atoms with E-state index in [2.05, 4.69) is 55.6 Å². The Labute approximate surface area is 213 Å². The zero-order valence-corrected chi connectivity index (χ0v) is 22.3. The van der Waals surface area contributed by atoms with Crippen molar-refractivity contribution >= 4 is 33.9 Å². The number of hydrogen-bond donors (Lipinski definition) is 1. The summed E-state index contributed by atoms with van der Waals surface area (Å²) in [6, 6.07) is 18.0. The molecule has 6 heteroatoms. The van der Waals surface area contributed by atoms with E-state index in [1.54, 1.807) is 34.3 Å². The fourth-order valence-corrected chi connectivity index (χ4v) is 4.60. The number of amides is 2. The quantitative estimate of drug-likeness (QED) is 0.388. The summed E-state index contributed by atoms with van der Waals surface area (Å²) < 4.78 is 0. The molecule has 1 heterocycles. The number of nitrogens with one attached hydrogen (secondary N) is 1. The van der Waals surface area contributed by atoms with Gasteiger partial charge in [-0.05, 0) is 67.6 Å². The minimum Gasteiger partial charge on any atom is -0.344 e. The fourth-order valence-electron chi connectivity index (χ4n) is 3.90. The number of carbonyl (C=O) groups is 2. The van der Waals surface area contributed by atoms with Gasteiger partial charge in [0.15, 0.2) is 0 Å². The lowest BCUT2D eigenvalue weighted by molar-refractivity contribution is -0.141. The SMILES string of the molecule is CNC(C)(C)C/C=C/C(=O)N(C)[C@H](Cc1ccc2ccccc2c1)C(=O)N(C)CCc1cccs1. The molecule has 0 radical (unpaired) electrons. The summed E-state index contributed by atoms with van der Waals surface area (Å²) in [6.07, 6.45) is 5.45. The fraction of sp³-hybridized carbons (Fsp3) is 0.379. The van der Waals surface area contributed by atoms with Crippen molar-refractivity contribution in [3.05, 3.63) is 82.6 Å². The Hall–Kier alpha value is -2.96. The van der Waals surface area contributed by atoms with Crippen molar-refractivity contribution in [1.29, 1.82) is 0 Å². The highest BCUT2D eigenvalue weighted by Gasteiger charge is 2.29. The Balaban J connectivity index is 1.79. The molecule has 0 aliphatic rings. The van der Waals surface area contributed by atoms with Gasteiger partial charge in [-0.1, -0.05) is 54.6 Å². The summed E-state index contributed by atoms with van der Waals surface area (Å²) in [5.74, 6) is -0.211. The van der Waals surface area contributed by atoms with Gasteiger partial charge >= 0.3 is 0 Å². The van der Waals surface area contributed by atoms with Crippen molar-refractivity contribution in [3.63, 3.8) is 0 Å². The molecule has 0 spiro atoms. The first-order chi connectivity index (χ1) is 16.7. The van der Waals surface area contributed by atoms with E-state index in [0.717, 1.165) is 22.8 Å². The predicted molar refractivity (Wildman–Crippen MR) is 147 cm³/mol. The Morgan fingerprint density at radius 2 is 1.80 bits per heavy atom. The molecule has 0 saturated heterocycles. The standard InChI is InChI=1S/C29H37N3O2S/c1-29(2,30-3)17-8-13-27(33)32(5)26(28(34)31(4)18-16-25-12-9-19-35-25)21-22-14-15-23-10-6-7-11-24(23)20-22/h6-15,19-20,26,30H,16-18,21H2,1-5H3/b13-8+/t26-/m1/s1. The molecule has 1 atom stereocenters. The predicted octanol–water partition coefficient (Wildman–Crippen LogP) is 4.92. The van der Waals surface area contributed by atoms with Crippen molar-refractivity contribution < 1.29 is 9.59 Å². The highest BCUT2D eigenvalue weighted by Crippen LogP contribution is 2.19. The molecule has 3 rings (SSSR count). The molecule has 35 heavy (non-hydrogen) atoms. The van der Waals surface area contributed by atoms with E-state index in [-0.39, 0.29) is 17.4 Å². The lowest BCUT2D eigenvalue weighted by atomic mass is 9.99. The van der Waals surface area contributed by atoms with Crippen LogP contribution < -0.4 is 5.32 Å². The number of likely N-dealkylation sites (N-methyl/N-ethyl adjacent to an activating group) is 2. The Bertz CT molecular complexity index is 1150. The van der Waals surface area contributed by atoms with Crippen LogP contribution in [0.1, 0.15) is 30.7 Å². The molecule has 3 aromatic rings. The summed E-state index contributed by atoms with van der Waals surface area (Å²) in [5.41, 5.74) is 0.936. The van der Waals surface area contributed by atoms with E-state index in [0.29, 0.717) is 19.4 Å². The van der Waals surface area contributed by atoms with Gasteiger partial charge in [0, 0.05) is 37.5 Å². The van der Waals surface area contributed by atoms with Crippen LogP contribution in [0.2, 0.25) is 0 Å². The van der Waals surface area contributed by atoms with E-state index in [9.17, 15) is 9.59 Å². The first kappa shape index (κ1) is 26.6. The maximum atomic E-state index is 13.6. The molecule has 0 bridgehead atoms. The van der Waals surface area contributed by atoms with Gasteiger partial charge in [0.1, 0.15) is 6.04 Å². The molecular formula is C29H37N3O2S. The Morgan fingerprint density at radius 3 is 2.49 bits per heavy atom. The zero-order chi connectivity index (χ0) is 25.4. The monoisotopic (exact) mass is 491 g/mol. The van der Waals surface area contributed by atoms with E-state index >= 15 is 0 Å². The first-order valence-electron chi connectivity index (χ1n) is 12.1. The van der Waals surface area contributed by atoms with E-state index in [4.69, 9.17) is 0 Å². The summed E-state index contributed by atoms with van der Waals surface area (Å²) >= 11 is 1.70. The van der Waals surface area contributed by atoms with Crippen LogP contribution in [0.3, 0.4) is 0 Å². The highest BCUT2D eigenvalue weighted by molar-refractivity contribution is 7.09. The van der Waals surface area contributed by atoms with Crippen molar-refractivity contribution in [2.75, 3.05) is 27.7 Å². The third-order valence-corrected chi connectivity index (χ3v) is 7.49. The Morgan fingerprint density at radius 1 is 1.06 bits per heavy atom. The molecule has 186 valence electrons. The first-order valence-corrected chi connectivity index (χ1v) is 13.0. The topological polar surface area (TPSA) is 52.7 Å². The van der Waals surface area contributed by atoms with E-state index < -0.39 is 6.04 Å². The lowest BCUT2D eigenvalue weighted by Crippen LogP contribution is -2.49. The molecule has 0 saturated carbocycles. The molecule has 0 aliphatic heterocycles. The summed E-state index contributed by atoms with van der Waals surface area (Å²) in [4.78, 5) is 31.3. The molecule has 5 nitrogen and oxygen atoms in total. The van der Waals surface area contributed by atoms with Crippen molar-refractivity contribution in [3.8, 4) is 0 Å². The number of hydrogen-bond acceptors (Lipinski definition) is 4. The van der Waals surface area contributed by atoms with Crippen LogP contribution in [-0.4, -0.2) is 60.9 Å². The van der Waals surface area contributed by atoms with E-state index in [1.807, 2.05) is 43.8 Å². The zero-order valence-electron chi connectivity index (χ0n) is 21.5. The number of carbonyl (C=O) groups excluding carboxylic acids is 2. The maximum Gasteiger partial charge on any atom is 0.246 e. The van der Waals surface area contributed by atoms with Crippen LogP contribution in [0.5, 0.6) is 0 Å². The number of rotatable bonds is 11. The number of fused-ring (bicyclic) bond motifs is 1. The molecular weight excluding hydrogens is 454 g/mol. The van der Waals surface area contributed by atoms with Crippen LogP contribution in [0.15, 0.2) is 72.1 Å². The van der Waals surface area contributed by atoms with Gasteiger partial charge in [-0.25, -0.2) is 0 Å². The van der Waals surface area contributed by atoms with Crippen LogP contribution in [0.25, 0.3) is 10.8 Å². The molecule has 1 aromatic heterocycles. The van der Waals surface area contributed by atoms with E-state index in [1.165, 1.54) is 4.88 Å². The summed E-state index contributed by atoms with van der Waals surface area (Å²) in [6.45, 7) is 4.78. The average Bonchev–Trinajstić information content (AvgIpc) is 3.38. The molecule has 2 aromatic carbocycles. The normalized spacial score (nSPS) is 12.7. The van der Waals surface area contributed by atoms with Gasteiger partial charge in [-0.15, -0.1) is 11.3 Å². The minimum absolute atomic E-state index is 0.0467. The summed E-state index contributed by atoms with van der Waals surface area (Å²) in [7, 11) is 5.46. The molecule has 0 unspecified atom stereocenters. The van der Waals surface area contributed by atoms with Crippen LogP contribution in [0, 0.1) is 0 Å². The van der Waals surface area contributed by atoms with Gasteiger partial charge in [0.05, 0.1) is 0 Å². The van der Waals surface area contributed by atoms with Crippen molar-refractivity contribution in [2.24, 2.45) is 0 Å². The minimum atomic E-state index is -0.584. The van der Waals surface area contributed by atoms with Crippen molar-refractivity contribution in [2.45, 2.75) is 44.7 Å².